The zero-order chi connectivity index (χ0) is 19.8. The number of rotatable bonds is 3. The molecule has 1 aliphatic heterocycles. The Kier molecular flexibility index (Phi) is 4.16. The molecule has 0 fully saturated rings. The van der Waals surface area contributed by atoms with Crippen LogP contribution in [-0.4, -0.2) is 28.9 Å². The largest absolute Gasteiger partial charge is 0.490 e. The Morgan fingerprint density at radius 3 is 2.79 bits per heavy atom. The van der Waals surface area contributed by atoms with Crippen molar-refractivity contribution in [3.8, 4) is 11.5 Å². The molecule has 4 aromatic rings. The van der Waals surface area contributed by atoms with Gasteiger partial charge in [0.25, 0.3) is 0 Å². The lowest BCUT2D eigenvalue weighted by Crippen LogP contribution is -2.19. The molecular formula is C21H17N3O5. The summed E-state index contributed by atoms with van der Waals surface area (Å²) in [5.41, 5.74) is 1.15. The zero-order valence-corrected chi connectivity index (χ0v) is 15.4. The van der Waals surface area contributed by atoms with Crippen molar-refractivity contribution in [3.63, 3.8) is 0 Å². The molecule has 3 heterocycles. The minimum Gasteiger partial charge on any atom is -0.490 e. The Bertz CT molecular complexity index is 1290. The molecule has 0 bridgehead atoms. The molecule has 0 spiro atoms. The summed E-state index contributed by atoms with van der Waals surface area (Å²) in [5, 5.41) is 8.13. The maximum Gasteiger partial charge on any atom is 0.347 e. The molecule has 0 radical (unpaired) electrons. The summed E-state index contributed by atoms with van der Waals surface area (Å²) in [7, 11) is 0. The topological polar surface area (TPSA) is 95.6 Å². The van der Waals surface area contributed by atoms with Crippen LogP contribution in [-0.2, 0) is 11.3 Å². The lowest BCUT2D eigenvalue weighted by Gasteiger charge is -2.11. The van der Waals surface area contributed by atoms with Gasteiger partial charge in [0, 0.05) is 23.6 Å². The smallest absolute Gasteiger partial charge is 0.347 e. The number of aromatic nitrogens is 2. The fourth-order valence-electron chi connectivity index (χ4n) is 3.42. The number of fused-ring (bicyclic) bond motifs is 4. The van der Waals surface area contributed by atoms with Gasteiger partial charge in [0.2, 0.25) is 5.91 Å². The molecule has 5 rings (SSSR count). The van der Waals surface area contributed by atoms with Crippen LogP contribution in [0.3, 0.4) is 0 Å². The quantitative estimate of drug-likeness (QED) is 0.540. The van der Waals surface area contributed by atoms with Crippen molar-refractivity contribution >= 4 is 33.5 Å². The van der Waals surface area contributed by atoms with Crippen LogP contribution in [0.5, 0.6) is 11.5 Å². The third-order valence-corrected chi connectivity index (χ3v) is 4.73. The third kappa shape index (κ3) is 3.18. The number of hydrogen-bond donors (Lipinski definition) is 1. The highest BCUT2D eigenvalue weighted by molar-refractivity contribution is 6.02. The zero-order valence-electron chi connectivity index (χ0n) is 15.4. The van der Waals surface area contributed by atoms with Crippen LogP contribution in [0.25, 0.3) is 21.9 Å². The number of anilines is 1. The van der Waals surface area contributed by atoms with Crippen LogP contribution >= 0.6 is 0 Å². The average Bonchev–Trinajstić information content (AvgIpc) is 2.99. The van der Waals surface area contributed by atoms with E-state index in [1.807, 2.05) is 12.1 Å². The van der Waals surface area contributed by atoms with Crippen molar-refractivity contribution in [3.05, 3.63) is 59.1 Å². The van der Waals surface area contributed by atoms with Crippen molar-refractivity contribution < 1.29 is 18.7 Å². The maximum atomic E-state index is 12.6. The number of carbonyl (C=O) groups is 1. The highest BCUT2D eigenvalue weighted by atomic mass is 16.5. The van der Waals surface area contributed by atoms with Crippen molar-refractivity contribution in [2.75, 3.05) is 18.5 Å². The van der Waals surface area contributed by atoms with Gasteiger partial charge in [-0.25, -0.2) is 4.79 Å². The number of hydrogen-bond acceptors (Lipinski definition) is 6. The molecule has 146 valence electrons. The summed E-state index contributed by atoms with van der Waals surface area (Å²) in [6.07, 6.45) is 2.24. The van der Waals surface area contributed by atoms with Crippen LogP contribution in [0, 0.1) is 0 Å². The number of benzene rings is 2. The van der Waals surface area contributed by atoms with Gasteiger partial charge < -0.3 is 19.2 Å². The number of carbonyl (C=O) groups excluding carboxylic acids is 1. The normalized spacial score (nSPS) is 13.4. The van der Waals surface area contributed by atoms with Crippen molar-refractivity contribution in [1.29, 1.82) is 0 Å². The fraction of sp³-hybridized carbons (Fsp3) is 0.190. The van der Waals surface area contributed by atoms with E-state index < -0.39 is 5.63 Å². The molecule has 29 heavy (non-hydrogen) atoms. The van der Waals surface area contributed by atoms with Crippen LogP contribution in [0.15, 0.2) is 57.9 Å². The Morgan fingerprint density at radius 2 is 1.90 bits per heavy atom. The van der Waals surface area contributed by atoms with E-state index in [2.05, 4.69) is 10.4 Å². The molecule has 1 amide bonds. The summed E-state index contributed by atoms with van der Waals surface area (Å²) in [5.74, 6) is 0.993. The Hall–Kier alpha value is -3.81. The van der Waals surface area contributed by atoms with Crippen molar-refractivity contribution in [1.82, 2.24) is 9.78 Å². The molecule has 2 aromatic carbocycles. The van der Waals surface area contributed by atoms with E-state index in [1.165, 1.54) is 10.9 Å². The van der Waals surface area contributed by atoms with Crippen molar-refractivity contribution in [2.45, 2.75) is 13.0 Å². The summed E-state index contributed by atoms with van der Waals surface area (Å²) < 4.78 is 18.1. The Labute approximate surface area is 164 Å². The standard InChI is InChI=1S/C21H17N3O5/c25-19(23-13-6-7-17-18(10-13)28-9-3-8-27-17)12-24-20-14-4-1-2-5-16(14)29-21(26)15(20)11-22-24/h1-2,4-7,10-11H,3,8-9,12H2,(H,23,25). The minimum absolute atomic E-state index is 0.0502. The first kappa shape index (κ1) is 17.3. The van der Waals surface area contributed by atoms with E-state index in [4.69, 9.17) is 13.9 Å². The van der Waals surface area contributed by atoms with Crippen LogP contribution in [0.2, 0.25) is 0 Å². The second-order valence-corrected chi connectivity index (χ2v) is 6.71. The third-order valence-electron chi connectivity index (χ3n) is 4.73. The molecule has 0 saturated heterocycles. The van der Waals surface area contributed by atoms with Gasteiger partial charge in [0.05, 0.1) is 24.9 Å². The van der Waals surface area contributed by atoms with Gasteiger partial charge in [-0.15, -0.1) is 0 Å². The summed E-state index contributed by atoms with van der Waals surface area (Å²) in [4.78, 5) is 24.8. The Balaban J connectivity index is 1.44. The minimum atomic E-state index is -0.478. The second kappa shape index (κ2) is 6.97. The molecule has 2 aromatic heterocycles. The molecular weight excluding hydrogens is 374 g/mol. The van der Waals surface area contributed by atoms with E-state index in [9.17, 15) is 9.59 Å². The summed E-state index contributed by atoms with van der Waals surface area (Å²) >= 11 is 0. The van der Waals surface area contributed by atoms with E-state index in [0.717, 1.165) is 11.8 Å². The number of nitrogens with one attached hydrogen (secondary N) is 1. The molecule has 0 aliphatic carbocycles. The van der Waals surface area contributed by atoms with Gasteiger partial charge >= 0.3 is 5.63 Å². The highest BCUT2D eigenvalue weighted by Crippen LogP contribution is 2.32. The van der Waals surface area contributed by atoms with Crippen molar-refractivity contribution in [2.24, 2.45) is 0 Å². The molecule has 8 heteroatoms. The van der Waals surface area contributed by atoms with E-state index in [-0.39, 0.29) is 12.5 Å². The molecule has 8 nitrogen and oxygen atoms in total. The summed E-state index contributed by atoms with van der Waals surface area (Å²) in [6, 6.07) is 12.5. The Morgan fingerprint density at radius 1 is 1.07 bits per heavy atom. The number of ether oxygens (including phenoxy) is 2. The average molecular weight is 391 g/mol. The fourth-order valence-corrected chi connectivity index (χ4v) is 3.42. The van der Waals surface area contributed by atoms with E-state index >= 15 is 0 Å². The molecule has 0 unspecified atom stereocenters. The lowest BCUT2D eigenvalue weighted by molar-refractivity contribution is -0.116. The van der Waals surface area contributed by atoms with Crippen LogP contribution in [0.1, 0.15) is 6.42 Å². The second-order valence-electron chi connectivity index (χ2n) is 6.71. The highest BCUT2D eigenvalue weighted by Gasteiger charge is 2.16. The number of nitrogens with zero attached hydrogens (tertiary/aromatic N) is 2. The van der Waals surface area contributed by atoms with Crippen LogP contribution < -0.4 is 20.4 Å². The van der Waals surface area contributed by atoms with Crippen LogP contribution in [0.4, 0.5) is 5.69 Å². The maximum absolute atomic E-state index is 12.6. The number of para-hydroxylation sites is 1. The van der Waals surface area contributed by atoms with Gasteiger partial charge in [0.15, 0.2) is 11.5 Å². The molecule has 1 N–H and O–H groups in total. The predicted molar refractivity (Wildman–Crippen MR) is 106 cm³/mol. The first-order valence-electron chi connectivity index (χ1n) is 9.26. The van der Waals surface area contributed by atoms with Gasteiger partial charge in [-0.2, -0.15) is 5.10 Å². The molecule has 1 aliphatic rings. The predicted octanol–water partition coefficient (Wildman–Crippen LogP) is 2.94. The van der Waals surface area contributed by atoms with Gasteiger partial charge in [-0.1, -0.05) is 12.1 Å². The molecule has 0 atom stereocenters. The van der Waals surface area contributed by atoms with Gasteiger partial charge in [-0.05, 0) is 24.3 Å². The molecule has 0 saturated carbocycles. The van der Waals surface area contributed by atoms with E-state index in [1.54, 1.807) is 30.3 Å². The van der Waals surface area contributed by atoms with Gasteiger partial charge in [-0.3, -0.25) is 9.48 Å². The first-order chi connectivity index (χ1) is 14.2. The first-order valence-corrected chi connectivity index (χ1v) is 9.26. The monoisotopic (exact) mass is 391 g/mol. The summed E-state index contributed by atoms with van der Waals surface area (Å²) in [6.45, 7) is 1.12. The van der Waals surface area contributed by atoms with Gasteiger partial charge in [0.1, 0.15) is 17.5 Å². The number of amides is 1. The lowest BCUT2D eigenvalue weighted by atomic mass is 10.2. The van der Waals surface area contributed by atoms with E-state index in [0.29, 0.717) is 46.9 Å². The SMILES string of the molecule is O=C(Cn1ncc2c(=O)oc3ccccc3c21)Nc1ccc2c(c1)OCCCO2.